The van der Waals surface area contributed by atoms with E-state index in [1.165, 1.54) is 39.1 Å². The van der Waals surface area contributed by atoms with E-state index in [0.29, 0.717) is 0 Å². The maximum absolute atomic E-state index is 3.78. The van der Waals surface area contributed by atoms with Crippen LogP contribution in [0.4, 0.5) is 17.1 Å². The van der Waals surface area contributed by atoms with Crippen molar-refractivity contribution in [1.82, 2.24) is 0 Å². The summed E-state index contributed by atoms with van der Waals surface area (Å²) in [4.78, 5) is 4.76. The second kappa shape index (κ2) is 11.3. The molecule has 0 aliphatic carbocycles. The van der Waals surface area contributed by atoms with Gasteiger partial charge in [0.25, 0.3) is 0 Å². The fourth-order valence-corrected chi connectivity index (χ4v) is 4.99. The van der Waals surface area contributed by atoms with Gasteiger partial charge < -0.3 is 15.1 Å². The van der Waals surface area contributed by atoms with Crippen molar-refractivity contribution in [2.45, 2.75) is 34.6 Å². The zero-order valence-electron chi connectivity index (χ0n) is 21.9. The van der Waals surface area contributed by atoms with Crippen LogP contribution in [-0.2, 0) is 0 Å². The summed E-state index contributed by atoms with van der Waals surface area (Å²) in [6.07, 6.45) is 0. The predicted octanol–water partition coefficient (Wildman–Crippen LogP) is 8.10. The van der Waals surface area contributed by atoms with E-state index in [2.05, 4.69) is 129 Å². The third-order valence-corrected chi connectivity index (χ3v) is 6.88. The van der Waals surface area contributed by atoms with Crippen LogP contribution in [0.25, 0.3) is 33.0 Å². The molecule has 4 aromatic carbocycles. The van der Waals surface area contributed by atoms with Crippen molar-refractivity contribution in [2.75, 3.05) is 47.8 Å². The Hall–Kier alpha value is -3.46. The molecule has 0 aromatic heterocycles. The van der Waals surface area contributed by atoms with Crippen molar-refractivity contribution in [3.8, 4) is 22.3 Å². The minimum Gasteiger partial charge on any atom is -0.384 e. The molecule has 0 aliphatic rings. The minimum atomic E-state index is 0.860. The van der Waals surface area contributed by atoms with Crippen LogP contribution in [0.3, 0.4) is 0 Å². The van der Waals surface area contributed by atoms with E-state index >= 15 is 0 Å². The monoisotopic (exact) mass is 464 g/mol. The van der Waals surface area contributed by atoms with E-state index in [1.807, 2.05) is 0 Å². The Balaban J connectivity index is 1.92. The number of nitrogens with zero attached hydrogens (tertiary/aromatic N) is 2. The first kappa shape index (κ1) is 24.7. The molecule has 0 aliphatic heterocycles. The molecule has 0 heterocycles. The van der Waals surface area contributed by atoms with Crippen molar-refractivity contribution in [1.29, 1.82) is 0 Å². The lowest BCUT2D eigenvalue weighted by Gasteiger charge is -2.23. The third-order valence-electron chi connectivity index (χ3n) is 6.88. The van der Waals surface area contributed by atoms with E-state index in [-0.39, 0.29) is 0 Å². The van der Waals surface area contributed by atoms with Crippen molar-refractivity contribution < 1.29 is 0 Å². The summed E-state index contributed by atoms with van der Waals surface area (Å²) in [5.41, 5.74) is 8.46. The first-order chi connectivity index (χ1) is 17.1. The summed E-state index contributed by atoms with van der Waals surface area (Å²) in [5.74, 6) is 0. The SMILES string of the molecule is CCNc1c(-c2ccc(N(CC)CC)cc2)c(-c2ccc(N(CC)CC)cc2)[c]c2ccccc12. The lowest BCUT2D eigenvalue weighted by molar-refractivity contribution is 0.866. The van der Waals surface area contributed by atoms with Gasteiger partial charge in [0.2, 0.25) is 0 Å². The van der Waals surface area contributed by atoms with Gasteiger partial charge in [-0.05, 0) is 81.5 Å². The smallest absolute Gasteiger partial charge is 0.0506 e. The van der Waals surface area contributed by atoms with E-state index in [0.717, 1.165) is 43.7 Å². The number of rotatable bonds is 10. The highest BCUT2D eigenvalue weighted by molar-refractivity contribution is 6.07. The van der Waals surface area contributed by atoms with E-state index in [9.17, 15) is 0 Å². The van der Waals surface area contributed by atoms with Gasteiger partial charge >= 0.3 is 0 Å². The molecule has 4 aromatic rings. The second-order valence-electron chi connectivity index (χ2n) is 8.76. The van der Waals surface area contributed by atoms with Gasteiger partial charge in [-0.3, -0.25) is 0 Å². The van der Waals surface area contributed by atoms with Crippen LogP contribution in [0.1, 0.15) is 34.6 Å². The highest BCUT2D eigenvalue weighted by Crippen LogP contribution is 2.43. The largest absolute Gasteiger partial charge is 0.384 e. The highest BCUT2D eigenvalue weighted by Gasteiger charge is 2.17. The van der Waals surface area contributed by atoms with Crippen molar-refractivity contribution >= 4 is 27.8 Å². The fourth-order valence-electron chi connectivity index (χ4n) is 4.99. The van der Waals surface area contributed by atoms with Crippen LogP contribution in [0.15, 0.2) is 72.8 Å². The van der Waals surface area contributed by atoms with Crippen LogP contribution in [0, 0.1) is 6.07 Å². The molecule has 3 heteroatoms. The van der Waals surface area contributed by atoms with E-state index in [4.69, 9.17) is 0 Å². The molecule has 35 heavy (non-hydrogen) atoms. The fraction of sp³-hybridized carbons (Fsp3) is 0.312. The maximum atomic E-state index is 3.78. The van der Waals surface area contributed by atoms with Gasteiger partial charge in [0.1, 0.15) is 0 Å². The van der Waals surface area contributed by atoms with E-state index in [1.54, 1.807) is 0 Å². The quantitative estimate of drug-likeness (QED) is 0.256. The average molecular weight is 465 g/mol. The Labute approximate surface area is 211 Å². The Morgan fingerprint density at radius 2 is 1.14 bits per heavy atom. The zero-order valence-corrected chi connectivity index (χ0v) is 21.9. The minimum absolute atomic E-state index is 0.860. The normalized spacial score (nSPS) is 11.0. The molecule has 0 amide bonds. The molecule has 0 spiro atoms. The van der Waals surface area contributed by atoms with Crippen LogP contribution in [0.2, 0.25) is 0 Å². The molecule has 181 valence electrons. The summed E-state index contributed by atoms with van der Waals surface area (Å²) in [7, 11) is 0. The zero-order chi connectivity index (χ0) is 24.8. The van der Waals surface area contributed by atoms with Crippen molar-refractivity contribution in [2.24, 2.45) is 0 Å². The topological polar surface area (TPSA) is 18.5 Å². The number of fused-ring (bicyclic) bond motifs is 1. The molecule has 0 saturated heterocycles. The number of anilines is 3. The van der Waals surface area contributed by atoms with Crippen LogP contribution in [-0.4, -0.2) is 32.7 Å². The lowest BCUT2D eigenvalue weighted by atomic mass is 9.89. The number of nitrogens with one attached hydrogen (secondary N) is 1. The first-order valence-electron chi connectivity index (χ1n) is 13.1. The van der Waals surface area contributed by atoms with Gasteiger partial charge in [-0.2, -0.15) is 0 Å². The van der Waals surface area contributed by atoms with Gasteiger partial charge in [-0.1, -0.05) is 48.5 Å². The molecule has 4 rings (SSSR count). The molecule has 0 fully saturated rings. The second-order valence-corrected chi connectivity index (χ2v) is 8.76. The Bertz CT molecular complexity index is 1230. The number of hydrogen-bond donors (Lipinski definition) is 1. The molecule has 1 N–H and O–H groups in total. The summed E-state index contributed by atoms with van der Waals surface area (Å²) in [6, 6.07) is 30.4. The molecule has 1 radical (unpaired) electrons. The molecular weight excluding hydrogens is 426 g/mol. The Morgan fingerprint density at radius 1 is 0.629 bits per heavy atom. The maximum Gasteiger partial charge on any atom is 0.0506 e. The van der Waals surface area contributed by atoms with Gasteiger partial charge in [0.05, 0.1) is 5.69 Å². The van der Waals surface area contributed by atoms with Crippen molar-refractivity contribution in [3.05, 3.63) is 78.9 Å². The molecule has 3 nitrogen and oxygen atoms in total. The highest BCUT2D eigenvalue weighted by atomic mass is 15.1. The van der Waals surface area contributed by atoms with E-state index < -0.39 is 0 Å². The Kier molecular flexibility index (Phi) is 7.97. The summed E-state index contributed by atoms with van der Waals surface area (Å²) >= 11 is 0. The predicted molar refractivity (Wildman–Crippen MR) is 155 cm³/mol. The average Bonchev–Trinajstić information content (AvgIpc) is 2.91. The van der Waals surface area contributed by atoms with Crippen LogP contribution in [0.5, 0.6) is 0 Å². The van der Waals surface area contributed by atoms with Crippen LogP contribution >= 0.6 is 0 Å². The van der Waals surface area contributed by atoms with Crippen LogP contribution < -0.4 is 15.1 Å². The number of hydrogen-bond acceptors (Lipinski definition) is 3. The number of benzene rings is 4. The standard InChI is InChI=1S/C32H38N3/c1-6-33-32-29-14-12-11-13-26(29)23-30(24-15-19-27(20-16-24)34(7-2)8-3)31(32)25-17-21-28(22-18-25)35(9-4)10-5/h11-22,33H,6-10H2,1-5H3. The molecule has 0 unspecified atom stereocenters. The Morgan fingerprint density at radius 3 is 1.66 bits per heavy atom. The third kappa shape index (κ3) is 5.00. The summed E-state index contributed by atoms with van der Waals surface area (Å²) in [6.45, 7) is 15.9. The van der Waals surface area contributed by atoms with Gasteiger partial charge in [0, 0.05) is 60.6 Å². The van der Waals surface area contributed by atoms with Crippen molar-refractivity contribution in [3.63, 3.8) is 0 Å². The van der Waals surface area contributed by atoms with Gasteiger partial charge in [0.15, 0.2) is 0 Å². The summed E-state index contributed by atoms with van der Waals surface area (Å²) < 4.78 is 0. The first-order valence-corrected chi connectivity index (χ1v) is 13.1. The summed E-state index contributed by atoms with van der Waals surface area (Å²) in [5, 5.41) is 6.04. The lowest BCUT2D eigenvalue weighted by Crippen LogP contribution is -2.21. The van der Waals surface area contributed by atoms with Gasteiger partial charge in [-0.25, -0.2) is 0 Å². The molecule has 0 bridgehead atoms. The molecular formula is C32H38N3. The molecule has 0 saturated carbocycles. The molecule has 0 atom stereocenters. The van der Waals surface area contributed by atoms with Gasteiger partial charge in [-0.15, -0.1) is 0 Å².